The van der Waals surface area contributed by atoms with E-state index in [0.29, 0.717) is 18.3 Å². The molecule has 1 aliphatic heterocycles. The van der Waals surface area contributed by atoms with Crippen LogP contribution in [-0.4, -0.2) is 24.2 Å². The van der Waals surface area contributed by atoms with Gasteiger partial charge in [-0.25, -0.2) is 0 Å². The van der Waals surface area contributed by atoms with Gasteiger partial charge in [0.15, 0.2) is 0 Å². The van der Waals surface area contributed by atoms with E-state index in [9.17, 15) is 10.1 Å². The van der Waals surface area contributed by atoms with Crippen LogP contribution in [0.5, 0.6) is 0 Å². The molecule has 1 N–H and O–H groups in total. The molecule has 0 aliphatic carbocycles. The minimum Gasteiger partial charge on any atom is -0.379 e. The Morgan fingerprint density at radius 1 is 1.39 bits per heavy atom. The highest BCUT2D eigenvalue weighted by atomic mass is 16.6. The molecule has 1 fully saturated rings. The fourth-order valence-electron chi connectivity index (χ4n) is 2.19. The third-order valence-electron chi connectivity index (χ3n) is 3.16. The number of nitrogens with one attached hydrogen (secondary N) is 1. The van der Waals surface area contributed by atoms with Crippen molar-refractivity contribution >= 4 is 11.4 Å². The van der Waals surface area contributed by atoms with Gasteiger partial charge in [-0.1, -0.05) is 12.1 Å². The number of para-hydroxylation sites is 2. The highest BCUT2D eigenvalue weighted by Gasteiger charge is 2.15. The second-order valence-corrected chi connectivity index (χ2v) is 4.48. The van der Waals surface area contributed by atoms with Gasteiger partial charge in [-0.05, 0) is 31.7 Å². The first-order chi connectivity index (χ1) is 8.77. The summed E-state index contributed by atoms with van der Waals surface area (Å²) in [5, 5.41) is 13.9. The number of hydrogen-bond donors (Lipinski definition) is 1. The van der Waals surface area contributed by atoms with Crippen LogP contribution in [0.3, 0.4) is 0 Å². The average Bonchev–Trinajstić information content (AvgIpc) is 2.40. The average molecular weight is 250 g/mol. The molecule has 1 aromatic carbocycles. The molecular formula is C13H18N2O3. The predicted octanol–water partition coefficient (Wildman–Crippen LogP) is 2.97. The Morgan fingerprint density at radius 3 is 2.94 bits per heavy atom. The molecule has 0 saturated carbocycles. The number of rotatable bonds is 5. The molecule has 98 valence electrons. The van der Waals surface area contributed by atoms with Gasteiger partial charge in [0.2, 0.25) is 0 Å². The van der Waals surface area contributed by atoms with Gasteiger partial charge >= 0.3 is 0 Å². The maximum atomic E-state index is 10.8. The lowest BCUT2D eigenvalue weighted by atomic mass is 10.1. The van der Waals surface area contributed by atoms with Gasteiger partial charge in [0.05, 0.1) is 11.0 Å². The Morgan fingerprint density at radius 2 is 2.22 bits per heavy atom. The van der Waals surface area contributed by atoms with Crippen LogP contribution in [0.1, 0.15) is 25.7 Å². The van der Waals surface area contributed by atoms with Crippen molar-refractivity contribution in [3.05, 3.63) is 34.4 Å². The number of hydrogen-bond acceptors (Lipinski definition) is 4. The van der Waals surface area contributed by atoms with Crippen LogP contribution in [-0.2, 0) is 4.74 Å². The van der Waals surface area contributed by atoms with Gasteiger partial charge in [0.1, 0.15) is 5.69 Å². The lowest BCUT2D eigenvalue weighted by molar-refractivity contribution is -0.384. The summed E-state index contributed by atoms with van der Waals surface area (Å²) < 4.78 is 5.62. The molecule has 2 rings (SSSR count). The topological polar surface area (TPSA) is 64.4 Å². The van der Waals surface area contributed by atoms with Crippen molar-refractivity contribution in [2.75, 3.05) is 18.5 Å². The second kappa shape index (κ2) is 6.35. The largest absolute Gasteiger partial charge is 0.379 e. The van der Waals surface area contributed by atoms with E-state index in [4.69, 9.17) is 4.74 Å². The summed E-state index contributed by atoms with van der Waals surface area (Å²) in [6, 6.07) is 6.72. The maximum absolute atomic E-state index is 10.8. The molecule has 0 spiro atoms. The van der Waals surface area contributed by atoms with Crippen LogP contribution < -0.4 is 5.32 Å². The number of nitro benzene ring substituents is 1. The first-order valence-corrected chi connectivity index (χ1v) is 6.36. The Labute approximate surface area is 106 Å². The first-order valence-electron chi connectivity index (χ1n) is 6.36. The van der Waals surface area contributed by atoms with Crippen molar-refractivity contribution in [2.24, 2.45) is 0 Å². The minimum atomic E-state index is -0.362. The molecule has 1 saturated heterocycles. The van der Waals surface area contributed by atoms with Crippen molar-refractivity contribution < 1.29 is 9.66 Å². The molecule has 0 radical (unpaired) electrons. The van der Waals surface area contributed by atoms with Crippen LogP contribution in [0.25, 0.3) is 0 Å². The van der Waals surface area contributed by atoms with Gasteiger partial charge in [0, 0.05) is 19.2 Å². The molecule has 1 heterocycles. The van der Waals surface area contributed by atoms with Crippen LogP contribution in [0.2, 0.25) is 0 Å². The van der Waals surface area contributed by atoms with Crippen LogP contribution >= 0.6 is 0 Å². The highest BCUT2D eigenvalue weighted by Crippen LogP contribution is 2.23. The Kier molecular flexibility index (Phi) is 4.52. The Hall–Kier alpha value is -1.62. The standard InChI is InChI=1S/C13H18N2O3/c16-15(17)13-7-2-1-6-12(13)14-9-8-11-5-3-4-10-18-11/h1-2,6-7,11,14H,3-5,8-10H2. The number of nitrogens with zero attached hydrogens (tertiary/aromatic N) is 1. The van der Waals surface area contributed by atoms with E-state index in [1.165, 1.54) is 12.5 Å². The third kappa shape index (κ3) is 3.43. The van der Waals surface area contributed by atoms with Crippen LogP contribution in [0.15, 0.2) is 24.3 Å². The molecule has 1 aliphatic rings. The third-order valence-corrected chi connectivity index (χ3v) is 3.16. The minimum absolute atomic E-state index is 0.127. The SMILES string of the molecule is O=[N+]([O-])c1ccccc1NCCC1CCCCO1. The molecule has 5 nitrogen and oxygen atoms in total. The first kappa shape index (κ1) is 12.8. The van der Waals surface area contributed by atoms with Gasteiger partial charge in [-0.2, -0.15) is 0 Å². The van der Waals surface area contributed by atoms with Crippen molar-refractivity contribution in [3.63, 3.8) is 0 Å². The molecule has 1 aromatic rings. The summed E-state index contributed by atoms with van der Waals surface area (Å²) in [5.41, 5.74) is 0.709. The summed E-state index contributed by atoms with van der Waals surface area (Å²) >= 11 is 0. The quantitative estimate of drug-likeness (QED) is 0.644. The molecular weight excluding hydrogens is 232 g/mol. The zero-order valence-corrected chi connectivity index (χ0v) is 10.3. The maximum Gasteiger partial charge on any atom is 0.292 e. The summed E-state index contributed by atoms with van der Waals surface area (Å²) in [7, 11) is 0. The van der Waals surface area contributed by atoms with Gasteiger partial charge in [0.25, 0.3) is 5.69 Å². The highest BCUT2D eigenvalue weighted by molar-refractivity contribution is 5.60. The molecule has 5 heteroatoms. The van der Waals surface area contributed by atoms with E-state index in [0.717, 1.165) is 25.9 Å². The van der Waals surface area contributed by atoms with Crippen LogP contribution in [0, 0.1) is 10.1 Å². The number of anilines is 1. The molecule has 18 heavy (non-hydrogen) atoms. The molecule has 1 unspecified atom stereocenters. The van der Waals surface area contributed by atoms with Crippen molar-refractivity contribution in [1.29, 1.82) is 0 Å². The normalized spacial score (nSPS) is 19.4. The number of ether oxygens (including phenoxy) is 1. The molecule has 0 aromatic heterocycles. The summed E-state index contributed by atoms with van der Waals surface area (Å²) in [6.45, 7) is 1.55. The van der Waals surface area contributed by atoms with E-state index < -0.39 is 0 Å². The lowest BCUT2D eigenvalue weighted by Gasteiger charge is -2.22. The zero-order chi connectivity index (χ0) is 12.8. The Balaban J connectivity index is 1.84. The fourth-order valence-corrected chi connectivity index (χ4v) is 2.19. The fraction of sp³-hybridized carbons (Fsp3) is 0.538. The van der Waals surface area contributed by atoms with E-state index >= 15 is 0 Å². The number of benzene rings is 1. The van der Waals surface area contributed by atoms with Crippen molar-refractivity contribution in [3.8, 4) is 0 Å². The number of nitro groups is 1. The van der Waals surface area contributed by atoms with E-state index in [1.807, 2.05) is 0 Å². The van der Waals surface area contributed by atoms with E-state index in [-0.39, 0.29) is 10.6 Å². The monoisotopic (exact) mass is 250 g/mol. The molecule has 0 bridgehead atoms. The van der Waals surface area contributed by atoms with E-state index in [1.54, 1.807) is 18.2 Å². The molecule has 0 amide bonds. The van der Waals surface area contributed by atoms with Crippen molar-refractivity contribution in [1.82, 2.24) is 0 Å². The van der Waals surface area contributed by atoms with Crippen molar-refractivity contribution in [2.45, 2.75) is 31.8 Å². The second-order valence-electron chi connectivity index (χ2n) is 4.48. The van der Waals surface area contributed by atoms with Gasteiger partial charge < -0.3 is 10.1 Å². The van der Waals surface area contributed by atoms with Crippen LogP contribution in [0.4, 0.5) is 11.4 Å². The summed E-state index contributed by atoms with van der Waals surface area (Å²) in [4.78, 5) is 10.5. The van der Waals surface area contributed by atoms with Gasteiger partial charge in [-0.3, -0.25) is 10.1 Å². The van der Waals surface area contributed by atoms with E-state index in [2.05, 4.69) is 5.32 Å². The zero-order valence-electron chi connectivity index (χ0n) is 10.3. The Bertz CT molecular complexity index is 403. The summed E-state index contributed by atoms with van der Waals surface area (Å²) in [5.74, 6) is 0. The smallest absolute Gasteiger partial charge is 0.292 e. The lowest BCUT2D eigenvalue weighted by Crippen LogP contribution is -2.22. The molecule has 1 atom stereocenters. The summed E-state index contributed by atoms with van der Waals surface area (Å²) in [6.07, 6.45) is 4.66. The predicted molar refractivity (Wildman–Crippen MR) is 69.8 cm³/mol. The van der Waals surface area contributed by atoms with Gasteiger partial charge in [-0.15, -0.1) is 0 Å².